The summed E-state index contributed by atoms with van der Waals surface area (Å²) in [4.78, 5) is 0. The molecule has 0 aromatic heterocycles. The van der Waals surface area contributed by atoms with Crippen molar-refractivity contribution in [1.29, 1.82) is 0 Å². The lowest BCUT2D eigenvalue weighted by atomic mass is 10.1. The third-order valence-electron chi connectivity index (χ3n) is 9.76. The molecule has 0 heterocycles. The zero-order valence-corrected chi connectivity index (χ0v) is 29.3. The van der Waals surface area contributed by atoms with Gasteiger partial charge in [0.25, 0.3) is 0 Å². The molecule has 0 fully saturated rings. The standard InChI is InChI=1S/C34H75NSi2/c1-7-13-15-17-19-21-23-25-27-29-31-33-36(9-3,10-4)35-37(11-5,12-6)34-32-30-28-26-24-22-20-18-16-14-8-2/h35H,7-34H2,1-6H3. The molecule has 1 N–H and O–H groups in total. The van der Waals surface area contributed by atoms with Gasteiger partial charge in [-0.15, -0.1) is 0 Å². The number of hydrogen-bond acceptors (Lipinski definition) is 1. The van der Waals surface area contributed by atoms with E-state index in [2.05, 4.69) is 46.2 Å². The highest BCUT2D eigenvalue weighted by atomic mass is 28.4. The predicted molar refractivity (Wildman–Crippen MR) is 179 cm³/mol. The van der Waals surface area contributed by atoms with Gasteiger partial charge in [-0.05, 0) is 36.3 Å². The lowest BCUT2D eigenvalue weighted by Gasteiger charge is -2.42. The molecule has 0 saturated carbocycles. The van der Waals surface area contributed by atoms with E-state index < -0.39 is 16.5 Å². The number of nitrogens with one attached hydrogen (secondary N) is 1. The Labute approximate surface area is 239 Å². The molecule has 0 spiro atoms. The molecule has 0 atom stereocenters. The fourth-order valence-electron chi connectivity index (χ4n) is 6.50. The van der Waals surface area contributed by atoms with E-state index in [1.165, 1.54) is 165 Å². The van der Waals surface area contributed by atoms with Crippen LogP contribution in [0.15, 0.2) is 0 Å². The maximum absolute atomic E-state index is 4.63. The Morgan fingerprint density at radius 3 is 0.730 bits per heavy atom. The summed E-state index contributed by atoms with van der Waals surface area (Å²) in [7, 11) is -2.61. The van der Waals surface area contributed by atoms with Gasteiger partial charge < -0.3 is 4.65 Å². The van der Waals surface area contributed by atoms with E-state index in [-0.39, 0.29) is 0 Å². The Kier molecular flexibility index (Phi) is 26.9. The van der Waals surface area contributed by atoms with Crippen LogP contribution in [0.25, 0.3) is 0 Å². The first-order valence-corrected chi connectivity index (χ1v) is 23.1. The maximum Gasteiger partial charge on any atom is 0.118 e. The van der Waals surface area contributed by atoms with Crippen molar-refractivity contribution in [2.45, 2.75) is 219 Å². The number of hydrogen-bond donors (Lipinski definition) is 1. The van der Waals surface area contributed by atoms with Crippen LogP contribution in [0.5, 0.6) is 0 Å². The molecule has 0 bridgehead atoms. The molecule has 0 unspecified atom stereocenters. The van der Waals surface area contributed by atoms with Crippen LogP contribution in [-0.4, -0.2) is 16.5 Å². The zero-order valence-electron chi connectivity index (χ0n) is 27.3. The molecule has 0 aromatic rings. The molecular formula is C34H75NSi2. The fourth-order valence-corrected chi connectivity index (χ4v) is 19.1. The second-order valence-electron chi connectivity index (χ2n) is 12.7. The first-order chi connectivity index (χ1) is 18.1. The zero-order chi connectivity index (χ0) is 27.5. The van der Waals surface area contributed by atoms with E-state index in [0.29, 0.717) is 0 Å². The Morgan fingerprint density at radius 2 is 0.514 bits per heavy atom. The van der Waals surface area contributed by atoms with Crippen LogP contribution < -0.4 is 4.65 Å². The highest BCUT2D eigenvalue weighted by Crippen LogP contribution is 2.29. The van der Waals surface area contributed by atoms with E-state index in [4.69, 9.17) is 0 Å². The number of unbranched alkanes of at least 4 members (excludes halogenated alkanes) is 20. The Morgan fingerprint density at radius 1 is 0.297 bits per heavy atom. The molecule has 0 amide bonds. The molecule has 37 heavy (non-hydrogen) atoms. The molecule has 0 saturated heterocycles. The molecule has 0 aliphatic carbocycles. The van der Waals surface area contributed by atoms with Gasteiger partial charge in [0.1, 0.15) is 16.5 Å². The fraction of sp³-hybridized carbons (Fsp3) is 1.00. The van der Waals surface area contributed by atoms with Crippen LogP contribution in [0, 0.1) is 0 Å². The average Bonchev–Trinajstić information content (AvgIpc) is 2.93. The molecule has 0 rings (SSSR count). The molecule has 0 aliphatic heterocycles. The third-order valence-corrected chi connectivity index (χ3v) is 22.0. The average molecular weight is 554 g/mol. The van der Waals surface area contributed by atoms with Crippen LogP contribution >= 0.6 is 0 Å². The Bertz CT molecular complexity index is 405. The minimum Gasteiger partial charge on any atom is -0.359 e. The second-order valence-corrected chi connectivity index (χ2v) is 22.6. The summed E-state index contributed by atoms with van der Waals surface area (Å²) in [5, 5.41) is 0. The van der Waals surface area contributed by atoms with Gasteiger partial charge in [-0.1, -0.05) is 183 Å². The first-order valence-electron chi connectivity index (χ1n) is 17.9. The van der Waals surface area contributed by atoms with E-state index >= 15 is 0 Å². The molecule has 0 aromatic carbocycles. The van der Waals surface area contributed by atoms with Crippen molar-refractivity contribution in [3.8, 4) is 0 Å². The molecule has 224 valence electrons. The van der Waals surface area contributed by atoms with E-state index in [1.807, 2.05) is 0 Å². The minimum atomic E-state index is -1.30. The van der Waals surface area contributed by atoms with Crippen molar-refractivity contribution in [1.82, 2.24) is 4.65 Å². The van der Waals surface area contributed by atoms with Crippen LogP contribution in [0.3, 0.4) is 0 Å². The maximum atomic E-state index is 4.63. The summed E-state index contributed by atoms with van der Waals surface area (Å²) in [6.45, 7) is 14.7. The predicted octanol–water partition coefficient (Wildman–Crippen LogP) is 13.2. The van der Waals surface area contributed by atoms with Crippen molar-refractivity contribution < 1.29 is 0 Å². The van der Waals surface area contributed by atoms with Crippen LogP contribution in [-0.2, 0) is 0 Å². The Balaban J connectivity index is 4.23. The van der Waals surface area contributed by atoms with Crippen molar-refractivity contribution >= 4 is 16.5 Å². The molecular weight excluding hydrogens is 479 g/mol. The van der Waals surface area contributed by atoms with Gasteiger partial charge in [0.05, 0.1) is 0 Å². The van der Waals surface area contributed by atoms with Gasteiger partial charge in [0.2, 0.25) is 0 Å². The molecule has 3 heteroatoms. The summed E-state index contributed by atoms with van der Waals surface area (Å²) in [5.74, 6) is 0. The van der Waals surface area contributed by atoms with Crippen molar-refractivity contribution in [2.75, 3.05) is 0 Å². The Hall–Kier alpha value is 0.394. The topological polar surface area (TPSA) is 12.0 Å². The van der Waals surface area contributed by atoms with E-state index in [1.54, 1.807) is 12.1 Å². The quantitative estimate of drug-likeness (QED) is 0.0688. The van der Waals surface area contributed by atoms with E-state index in [0.717, 1.165) is 0 Å². The number of rotatable bonds is 30. The van der Waals surface area contributed by atoms with Crippen LogP contribution in [0.1, 0.15) is 183 Å². The van der Waals surface area contributed by atoms with Gasteiger partial charge in [0.15, 0.2) is 0 Å². The van der Waals surface area contributed by atoms with Gasteiger partial charge in [0, 0.05) is 0 Å². The summed E-state index contributed by atoms with van der Waals surface area (Å²) in [6.07, 6.45) is 32.2. The SMILES string of the molecule is CCCCCCCCCCCCC[Si](CC)(CC)N[Si](CC)(CC)CCCCCCCCCCCCC. The van der Waals surface area contributed by atoms with Gasteiger partial charge in [-0.25, -0.2) is 0 Å². The van der Waals surface area contributed by atoms with Gasteiger partial charge >= 0.3 is 0 Å². The van der Waals surface area contributed by atoms with Crippen molar-refractivity contribution in [3.05, 3.63) is 0 Å². The van der Waals surface area contributed by atoms with Crippen molar-refractivity contribution in [2.24, 2.45) is 0 Å². The normalized spacial score (nSPS) is 12.5. The lowest BCUT2D eigenvalue weighted by molar-refractivity contribution is 0.553. The molecule has 1 nitrogen and oxygen atoms in total. The second kappa shape index (κ2) is 26.6. The monoisotopic (exact) mass is 554 g/mol. The molecule has 0 radical (unpaired) electrons. The van der Waals surface area contributed by atoms with Gasteiger partial charge in [-0.2, -0.15) is 0 Å². The van der Waals surface area contributed by atoms with Crippen molar-refractivity contribution in [3.63, 3.8) is 0 Å². The summed E-state index contributed by atoms with van der Waals surface area (Å²) < 4.78 is 4.63. The molecule has 0 aliphatic rings. The summed E-state index contributed by atoms with van der Waals surface area (Å²) in [6, 6.07) is 8.90. The minimum absolute atomic E-state index is 1.30. The third kappa shape index (κ3) is 20.0. The first kappa shape index (κ1) is 37.4. The van der Waals surface area contributed by atoms with Gasteiger partial charge in [-0.3, -0.25) is 0 Å². The van der Waals surface area contributed by atoms with E-state index in [9.17, 15) is 0 Å². The highest BCUT2D eigenvalue weighted by Gasteiger charge is 2.38. The summed E-state index contributed by atoms with van der Waals surface area (Å²) in [5.41, 5.74) is 0. The highest BCUT2D eigenvalue weighted by molar-refractivity contribution is 6.93. The summed E-state index contributed by atoms with van der Waals surface area (Å²) >= 11 is 0. The lowest BCUT2D eigenvalue weighted by Crippen LogP contribution is -2.63. The van der Waals surface area contributed by atoms with Crippen LogP contribution in [0.2, 0.25) is 36.3 Å². The smallest absolute Gasteiger partial charge is 0.118 e. The largest absolute Gasteiger partial charge is 0.359 e. The van der Waals surface area contributed by atoms with Crippen LogP contribution in [0.4, 0.5) is 0 Å².